The van der Waals surface area contributed by atoms with Gasteiger partial charge < -0.3 is 5.32 Å². The van der Waals surface area contributed by atoms with Crippen molar-refractivity contribution in [3.05, 3.63) is 52.2 Å². The Hall–Kier alpha value is -1.46. The minimum absolute atomic E-state index is 0.280. The number of halogens is 2. The van der Waals surface area contributed by atoms with Crippen LogP contribution in [0.2, 0.25) is 0 Å². The minimum atomic E-state index is -0.803. The summed E-state index contributed by atoms with van der Waals surface area (Å²) in [7, 11) is 0. The van der Waals surface area contributed by atoms with Crippen molar-refractivity contribution in [1.82, 2.24) is 4.90 Å². The normalized spacial score (nSPS) is 19.6. The first-order chi connectivity index (χ1) is 10.2. The third-order valence-corrected chi connectivity index (χ3v) is 4.51. The predicted octanol–water partition coefficient (Wildman–Crippen LogP) is 4.10. The largest absolute Gasteiger partial charge is 0.381 e. The van der Waals surface area contributed by atoms with E-state index >= 15 is 0 Å². The first-order valence-electron chi connectivity index (χ1n) is 7.16. The maximum absolute atomic E-state index is 13.2. The third-order valence-electron chi connectivity index (χ3n) is 3.78. The molecule has 1 aliphatic heterocycles. The number of benzene rings is 1. The van der Waals surface area contributed by atoms with Crippen LogP contribution in [-0.4, -0.2) is 24.0 Å². The second-order valence-electron chi connectivity index (χ2n) is 5.48. The van der Waals surface area contributed by atoms with Gasteiger partial charge in [0.2, 0.25) is 0 Å². The number of nitrogens with zero attached hydrogens (tertiary/aromatic N) is 1. The molecule has 1 fully saturated rings. The highest BCUT2D eigenvalue weighted by Gasteiger charge is 2.20. The molecule has 0 saturated carbocycles. The Morgan fingerprint density at radius 3 is 2.90 bits per heavy atom. The molecule has 0 unspecified atom stereocenters. The fraction of sp³-hybridized carbons (Fsp3) is 0.375. The predicted molar refractivity (Wildman–Crippen MR) is 82.6 cm³/mol. The number of nitrogens with one attached hydrogen (secondary N) is 1. The molecular weight excluding hydrogens is 290 g/mol. The quantitative estimate of drug-likeness (QED) is 0.914. The summed E-state index contributed by atoms with van der Waals surface area (Å²) in [5.41, 5.74) is 1.99. The van der Waals surface area contributed by atoms with Gasteiger partial charge in [0.25, 0.3) is 0 Å². The van der Waals surface area contributed by atoms with E-state index in [9.17, 15) is 8.78 Å². The molecule has 1 aromatic heterocycles. The fourth-order valence-corrected chi connectivity index (χ4v) is 3.44. The van der Waals surface area contributed by atoms with Gasteiger partial charge >= 0.3 is 0 Å². The van der Waals surface area contributed by atoms with Crippen molar-refractivity contribution in [1.29, 1.82) is 0 Å². The standard InChI is InChI=1S/C16H18F2N2S/c17-15-4-3-13(8-16(15)18)19-14-2-1-6-20(10-14)9-12-5-7-21-11-12/h3-5,7-8,11,14,19H,1-2,6,9-10H2/t14-/m1/s1. The molecule has 1 aliphatic rings. The minimum Gasteiger partial charge on any atom is -0.381 e. The monoisotopic (exact) mass is 308 g/mol. The smallest absolute Gasteiger partial charge is 0.160 e. The summed E-state index contributed by atoms with van der Waals surface area (Å²) in [6.45, 7) is 2.97. The molecule has 1 atom stereocenters. The number of anilines is 1. The third kappa shape index (κ3) is 3.80. The van der Waals surface area contributed by atoms with E-state index < -0.39 is 11.6 Å². The summed E-state index contributed by atoms with van der Waals surface area (Å²) in [5, 5.41) is 7.58. The van der Waals surface area contributed by atoms with Crippen molar-refractivity contribution in [3.8, 4) is 0 Å². The van der Waals surface area contributed by atoms with Gasteiger partial charge in [-0.2, -0.15) is 11.3 Å². The summed E-state index contributed by atoms with van der Waals surface area (Å²) >= 11 is 1.72. The van der Waals surface area contributed by atoms with Crippen molar-refractivity contribution in [2.45, 2.75) is 25.4 Å². The number of hydrogen-bond donors (Lipinski definition) is 1. The fourth-order valence-electron chi connectivity index (χ4n) is 2.78. The lowest BCUT2D eigenvalue weighted by Crippen LogP contribution is -2.41. The Labute approximate surface area is 127 Å². The van der Waals surface area contributed by atoms with Crippen LogP contribution in [0.25, 0.3) is 0 Å². The molecule has 21 heavy (non-hydrogen) atoms. The molecule has 5 heteroatoms. The van der Waals surface area contributed by atoms with Crippen LogP contribution >= 0.6 is 11.3 Å². The van der Waals surface area contributed by atoms with Crippen molar-refractivity contribution in [2.75, 3.05) is 18.4 Å². The highest BCUT2D eigenvalue weighted by molar-refractivity contribution is 7.07. The van der Waals surface area contributed by atoms with Crippen LogP contribution in [-0.2, 0) is 6.54 Å². The Morgan fingerprint density at radius 2 is 2.14 bits per heavy atom. The van der Waals surface area contributed by atoms with Gasteiger partial charge in [0.15, 0.2) is 11.6 Å². The molecule has 2 heterocycles. The van der Waals surface area contributed by atoms with Gasteiger partial charge in [-0.1, -0.05) is 0 Å². The summed E-state index contributed by atoms with van der Waals surface area (Å²) < 4.78 is 26.2. The first-order valence-corrected chi connectivity index (χ1v) is 8.10. The van der Waals surface area contributed by atoms with Gasteiger partial charge in [-0.15, -0.1) is 0 Å². The van der Waals surface area contributed by atoms with Gasteiger partial charge in [0, 0.05) is 30.9 Å². The van der Waals surface area contributed by atoms with Crippen molar-refractivity contribution < 1.29 is 8.78 Å². The van der Waals surface area contributed by atoms with E-state index in [4.69, 9.17) is 0 Å². The van der Waals surface area contributed by atoms with Crippen LogP contribution < -0.4 is 5.32 Å². The van der Waals surface area contributed by atoms with Gasteiger partial charge in [0.05, 0.1) is 0 Å². The molecule has 1 aromatic carbocycles. The van der Waals surface area contributed by atoms with Crippen LogP contribution in [0, 0.1) is 11.6 Å². The van der Waals surface area contributed by atoms with Crippen LogP contribution in [0.5, 0.6) is 0 Å². The highest BCUT2D eigenvalue weighted by atomic mass is 32.1. The molecule has 0 amide bonds. The second-order valence-corrected chi connectivity index (χ2v) is 6.26. The van der Waals surface area contributed by atoms with E-state index in [0.29, 0.717) is 5.69 Å². The van der Waals surface area contributed by atoms with Gasteiger partial charge in [-0.25, -0.2) is 8.78 Å². The molecule has 1 saturated heterocycles. The summed E-state index contributed by atoms with van der Waals surface area (Å²) in [6, 6.07) is 6.42. The van der Waals surface area contributed by atoms with E-state index in [1.807, 2.05) is 0 Å². The molecule has 0 bridgehead atoms. The molecule has 0 spiro atoms. The maximum Gasteiger partial charge on any atom is 0.160 e. The lowest BCUT2D eigenvalue weighted by molar-refractivity contribution is 0.209. The zero-order valence-corrected chi connectivity index (χ0v) is 12.5. The van der Waals surface area contributed by atoms with Crippen molar-refractivity contribution in [3.63, 3.8) is 0 Å². The van der Waals surface area contributed by atoms with Crippen molar-refractivity contribution >= 4 is 17.0 Å². The zero-order chi connectivity index (χ0) is 14.7. The Morgan fingerprint density at radius 1 is 1.24 bits per heavy atom. The number of rotatable bonds is 4. The molecule has 0 radical (unpaired) electrons. The zero-order valence-electron chi connectivity index (χ0n) is 11.7. The van der Waals surface area contributed by atoms with Crippen LogP contribution in [0.1, 0.15) is 18.4 Å². The van der Waals surface area contributed by atoms with Crippen LogP contribution in [0.15, 0.2) is 35.0 Å². The average Bonchev–Trinajstić information content (AvgIpc) is 2.96. The molecule has 0 aliphatic carbocycles. The van der Waals surface area contributed by atoms with Crippen LogP contribution in [0.4, 0.5) is 14.5 Å². The molecule has 112 valence electrons. The van der Waals surface area contributed by atoms with E-state index in [2.05, 4.69) is 27.0 Å². The van der Waals surface area contributed by atoms with E-state index in [1.54, 1.807) is 17.4 Å². The first kappa shape index (κ1) is 14.5. The second kappa shape index (κ2) is 6.54. The molecule has 3 rings (SSSR count). The lowest BCUT2D eigenvalue weighted by Gasteiger charge is -2.33. The maximum atomic E-state index is 13.2. The topological polar surface area (TPSA) is 15.3 Å². The average molecular weight is 308 g/mol. The van der Waals surface area contributed by atoms with Crippen molar-refractivity contribution in [2.24, 2.45) is 0 Å². The van der Waals surface area contributed by atoms with E-state index in [-0.39, 0.29) is 6.04 Å². The lowest BCUT2D eigenvalue weighted by atomic mass is 10.0. The molecule has 2 nitrogen and oxygen atoms in total. The molecule has 1 N–H and O–H groups in total. The van der Waals surface area contributed by atoms with Gasteiger partial charge in [-0.05, 0) is 53.9 Å². The summed E-state index contributed by atoms with van der Waals surface area (Å²) in [5.74, 6) is -1.60. The van der Waals surface area contributed by atoms with Crippen LogP contribution in [0.3, 0.4) is 0 Å². The SMILES string of the molecule is Fc1ccc(N[C@@H]2CCCN(Cc3ccsc3)C2)cc1F. The van der Waals surface area contributed by atoms with E-state index in [0.717, 1.165) is 32.5 Å². The Balaban J connectivity index is 1.59. The van der Waals surface area contributed by atoms with E-state index in [1.165, 1.54) is 17.7 Å². The number of piperidine rings is 1. The van der Waals surface area contributed by atoms with Gasteiger partial charge in [-0.3, -0.25) is 4.90 Å². The van der Waals surface area contributed by atoms with Gasteiger partial charge in [0.1, 0.15) is 0 Å². The number of thiophene rings is 1. The molecular formula is C16H18F2N2S. The summed E-state index contributed by atoms with van der Waals surface area (Å²) in [6.07, 6.45) is 2.17. The number of likely N-dealkylation sites (tertiary alicyclic amines) is 1. The Bertz CT molecular complexity index is 586. The number of hydrogen-bond acceptors (Lipinski definition) is 3. The molecule has 2 aromatic rings. The summed E-state index contributed by atoms with van der Waals surface area (Å²) in [4.78, 5) is 2.41. The Kier molecular flexibility index (Phi) is 4.51. The highest BCUT2D eigenvalue weighted by Crippen LogP contribution is 2.20.